The minimum absolute atomic E-state index is 0.164. The molecule has 0 saturated carbocycles. The maximum absolute atomic E-state index is 12.5. The summed E-state index contributed by atoms with van der Waals surface area (Å²) in [5.74, 6) is -0.278. The standard InChI is InChI=1S/C26H37N3O4S2/c1-18-7-8-21(15-19(18)2)16-23(17-33-24(30)26(3,4)5)29(25(27)34)14-13-20-9-11-22(12-10-20)28-35(6,31)32/h7-12,15,23,28H,13-14,16-17H2,1-6H3,(H2,27,34). The van der Waals surface area contributed by atoms with Gasteiger partial charge in [-0.25, -0.2) is 8.42 Å². The first kappa shape index (κ1) is 28.6. The number of hydrogen-bond acceptors (Lipinski definition) is 5. The van der Waals surface area contributed by atoms with Crippen LogP contribution in [-0.4, -0.2) is 49.8 Å². The number of ether oxygens (including phenoxy) is 1. The van der Waals surface area contributed by atoms with Gasteiger partial charge in [-0.15, -0.1) is 0 Å². The van der Waals surface area contributed by atoms with E-state index >= 15 is 0 Å². The van der Waals surface area contributed by atoms with Crippen LogP contribution in [0.15, 0.2) is 42.5 Å². The largest absolute Gasteiger partial charge is 0.463 e. The van der Waals surface area contributed by atoms with E-state index in [1.807, 2.05) is 37.8 Å². The fourth-order valence-corrected chi connectivity index (χ4v) is 4.33. The van der Waals surface area contributed by atoms with Gasteiger partial charge in [0.2, 0.25) is 10.0 Å². The van der Waals surface area contributed by atoms with E-state index in [4.69, 9.17) is 22.7 Å². The number of carbonyl (C=O) groups is 1. The average Bonchev–Trinajstić information content (AvgIpc) is 2.73. The van der Waals surface area contributed by atoms with Crippen LogP contribution >= 0.6 is 12.2 Å². The number of nitrogens with one attached hydrogen (secondary N) is 1. The van der Waals surface area contributed by atoms with Crippen molar-refractivity contribution < 1.29 is 17.9 Å². The highest BCUT2D eigenvalue weighted by Crippen LogP contribution is 2.19. The SMILES string of the molecule is Cc1ccc(CC(COC(=O)C(C)(C)C)N(CCc2ccc(NS(C)(=O)=O)cc2)C(N)=S)cc1C. The molecule has 1 unspecified atom stereocenters. The molecule has 0 aliphatic heterocycles. The van der Waals surface area contributed by atoms with Crippen LogP contribution in [-0.2, 0) is 32.4 Å². The van der Waals surface area contributed by atoms with Gasteiger partial charge in [0.1, 0.15) is 6.61 Å². The molecule has 2 rings (SSSR count). The van der Waals surface area contributed by atoms with Crippen molar-refractivity contribution in [2.24, 2.45) is 11.1 Å². The zero-order valence-electron chi connectivity index (χ0n) is 21.4. The summed E-state index contributed by atoms with van der Waals surface area (Å²) < 4.78 is 31.0. The van der Waals surface area contributed by atoms with Gasteiger partial charge >= 0.3 is 5.97 Å². The number of nitrogens with zero attached hydrogens (tertiary/aromatic N) is 1. The quantitative estimate of drug-likeness (QED) is 0.362. The number of nitrogens with two attached hydrogens (primary N) is 1. The third kappa shape index (κ3) is 9.49. The Hall–Kier alpha value is -2.65. The minimum atomic E-state index is -3.33. The molecule has 2 aromatic rings. The Morgan fingerprint density at radius 3 is 2.20 bits per heavy atom. The number of sulfonamides is 1. The molecular weight excluding hydrogens is 482 g/mol. The number of anilines is 1. The fraction of sp³-hybridized carbons (Fsp3) is 0.462. The van der Waals surface area contributed by atoms with Crippen LogP contribution in [0.2, 0.25) is 0 Å². The van der Waals surface area contributed by atoms with Crippen LogP contribution in [0, 0.1) is 19.3 Å². The molecule has 192 valence electrons. The molecule has 0 fully saturated rings. The molecule has 0 heterocycles. The maximum atomic E-state index is 12.5. The Morgan fingerprint density at radius 1 is 1.09 bits per heavy atom. The molecule has 2 aromatic carbocycles. The summed E-state index contributed by atoms with van der Waals surface area (Å²) in [6.45, 7) is 10.3. The Bertz CT molecular complexity index is 1140. The monoisotopic (exact) mass is 519 g/mol. The van der Waals surface area contributed by atoms with Crippen molar-refractivity contribution >= 4 is 39.0 Å². The van der Waals surface area contributed by atoms with Crippen molar-refractivity contribution in [3.8, 4) is 0 Å². The number of rotatable bonds is 10. The second kappa shape index (κ2) is 11.9. The third-order valence-electron chi connectivity index (χ3n) is 5.68. The zero-order chi connectivity index (χ0) is 26.4. The summed E-state index contributed by atoms with van der Waals surface area (Å²) in [5.41, 5.74) is 10.5. The molecule has 35 heavy (non-hydrogen) atoms. The fourth-order valence-electron chi connectivity index (χ4n) is 3.53. The lowest BCUT2D eigenvalue weighted by atomic mass is 9.97. The number of thiocarbonyl (C=S) groups is 1. The van der Waals surface area contributed by atoms with Crippen LogP contribution in [0.4, 0.5) is 5.69 Å². The second-order valence-electron chi connectivity index (χ2n) is 9.98. The highest BCUT2D eigenvalue weighted by molar-refractivity contribution is 7.92. The van der Waals surface area contributed by atoms with E-state index in [2.05, 4.69) is 36.8 Å². The predicted molar refractivity (Wildman–Crippen MR) is 146 cm³/mol. The summed E-state index contributed by atoms with van der Waals surface area (Å²) in [6, 6.07) is 13.2. The molecule has 0 aliphatic carbocycles. The van der Waals surface area contributed by atoms with Crippen molar-refractivity contribution in [2.45, 2.75) is 53.5 Å². The molecule has 9 heteroatoms. The van der Waals surface area contributed by atoms with E-state index in [1.54, 1.807) is 12.1 Å². The van der Waals surface area contributed by atoms with Gasteiger partial charge in [0.25, 0.3) is 0 Å². The highest BCUT2D eigenvalue weighted by Gasteiger charge is 2.27. The minimum Gasteiger partial charge on any atom is -0.463 e. The summed E-state index contributed by atoms with van der Waals surface area (Å²) in [5, 5.41) is 0.237. The van der Waals surface area contributed by atoms with Gasteiger partial charge in [0.05, 0.1) is 17.7 Å². The molecule has 0 aromatic heterocycles. The van der Waals surface area contributed by atoms with Gasteiger partial charge in [-0.1, -0.05) is 30.3 Å². The van der Waals surface area contributed by atoms with E-state index in [0.29, 0.717) is 25.1 Å². The van der Waals surface area contributed by atoms with Crippen LogP contribution in [0.5, 0.6) is 0 Å². The van der Waals surface area contributed by atoms with Crippen LogP contribution in [0.25, 0.3) is 0 Å². The average molecular weight is 520 g/mol. The van der Waals surface area contributed by atoms with Crippen LogP contribution in [0.1, 0.15) is 43.0 Å². The van der Waals surface area contributed by atoms with E-state index < -0.39 is 15.4 Å². The summed E-state index contributed by atoms with van der Waals surface area (Å²) in [6.07, 6.45) is 2.36. The Morgan fingerprint density at radius 2 is 1.69 bits per heavy atom. The smallest absolute Gasteiger partial charge is 0.311 e. The van der Waals surface area contributed by atoms with Gasteiger partial charge in [0, 0.05) is 12.2 Å². The van der Waals surface area contributed by atoms with E-state index in [-0.39, 0.29) is 23.7 Å². The van der Waals surface area contributed by atoms with E-state index in [0.717, 1.165) is 17.4 Å². The van der Waals surface area contributed by atoms with E-state index in [9.17, 15) is 13.2 Å². The third-order valence-corrected chi connectivity index (χ3v) is 6.53. The number of aryl methyl sites for hydroxylation is 2. The number of carbonyl (C=O) groups excluding carboxylic acids is 1. The van der Waals surface area contributed by atoms with Crippen LogP contribution in [0.3, 0.4) is 0 Å². The Kier molecular flexibility index (Phi) is 9.68. The molecule has 0 spiro atoms. The van der Waals surface area contributed by atoms with Crippen LogP contribution < -0.4 is 10.5 Å². The molecule has 7 nitrogen and oxygen atoms in total. The van der Waals surface area contributed by atoms with Crippen molar-refractivity contribution in [1.29, 1.82) is 0 Å². The molecule has 0 radical (unpaired) electrons. The second-order valence-corrected chi connectivity index (χ2v) is 12.1. The number of hydrogen-bond donors (Lipinski definition) is 2. The molecule has 0 bridgehead atoms. The normalized spacial score (nSPS) is 12.6. The molecule has 0 amide bonds. The lowest BCUT2D eigenvalue weighted by molar-refractivity contribution is -0.154. The highest BCUT2D eigenvalue weighted by atomic mass is 32.2. The summed E-state index contributed by atoms with van der Waals surface area (Å²) in [4.78, 5) is 14.4. The molecule has 1 atom stereocenters. The maximum Gasteiger partial charge on any atom is 0.311 e. The summed E-state index contributed by atoms with van der Waals surface area (Å²) in [7, 11) is -3.33. The summed E-state index contributed by atoms with van der Waals surface area (Å²) >= 11 is 5.39. The van der Waals surface area contributed by atoms with Gasteiger partial charge < -0.3 is 15.4 Å². The van der Waals surface area contributed by atoms with Gasteiger partial charge in [-0.2, -0.15) is 0 Å². The first-order valence-corrected chi connectivity index (χ1v) is 13.8. The first-order valence-electron chi connectivity index (χ1n) is 11.5. The molecule has 0 saturated heterocycles. The predicted octanol–water partition coefficient (Wildman–Crippen LogP) is 3.96. The van der Waals surface area contributed by atoms with Gasteiger partial charge in [-0.3, -0.25) is 9.52 Å². The molecule has 0 aliphatic rings. The number of benzene rings is 2. The van der Waals surface area contributed by atoms with Crippen molar-refractivity contribution in [2.75, 3.05) is 24.1 Å². The Balaban J connectivity index is 2.21. The van der Waals surface area contributed by atoms with Crippen molar-refractivity contribution in [3.05, 3.63) is 64.7 Å². The topological polar surface area (TPSA) is 102 Å². The van der Waals surface area contributed by atoms with Gasteiger partial charge in [0.15, 0.2) is 5.11 Å². The molecular formula is C26H37N3O4S2. The van der Waals surface area contributed by atoms with Crippen molar-refractivity contribution in [3.63, 3.8) is 0 Å². The Labute approximate surface area is 215 Å². The molecule has 3 N–H and O–H groups in total. The van der Waals surface area contributed by atoms with Crippen molar-refractivity contribution in [1.82, 2.24) is 4.90 Å². The zero-order valence-corrected chi connectivity index (χ0v) is 23.1. The first-order chi connectivity index (χ1) is 16.2. The number of esters is 1. The lowest BCUT2D eigenvalue weighted by Gasteiger charge is -2.33. The van der Waals surface area contributed by atoms with E-state index in [1.165, 1.54) is 11.1 Å². The lowest BCUT2D eigenvalue weighted by Crippen LogP contribution is -2.48. The van der Waals surface area contributed by atoms with Gasteiger partial charge in [-0.05, 0) is 94.1 Å².